The number of benzene rings is 2. The van der Waals surface area contributed by atoms with Crippen molar-refractivity contribution in [3.8, 4) is 5.69 Å². The van der Waals surface area contributed by atoms with Crippen LogP contribution in [0.5, 0.6) is 0 Å². The van der Waals surface area contributed by atoms with E-state index in [0.717, 1.165) is 22.6 Å². The third-order valence-corrected chi connectivity index (χ3v) is 4.41. The highest BCUT2D eigenvalue weighted by atomic mass is 16.5. The molecular formula is C22H23N3O3. The molecule has 0 aliphatic rings. The standard InChI is InChI=1S/C22H23N3O3/c1-14-7-5-6-8-20(14)23-21(26)17(4)28-22(27)18-9-11-19(12-10-18)25-16(3)13-15(2)24-25/h5-13,17H,1-4H3,(H,23,26). The summed E-state index contributed by atoms with van der Waals surface area (Å²) < 4.78 is 7.12. The van der Waals surface area contributed by atoms with Crippen molar-refractivity contribution < 1.29 is 14.3 Å². The molecule has 1 aromatic heterocycles. The lowest BCUT2D eigenvalue weighted by molar-refractivity contribution is -0.123. The highest BCUT2D eigenvalue weighted by molar-refractivity contribution is 5.97. The van der Waals surface area contributed by atoms with Gasteiger partial charge < -0.3 is 10.1 Å². The van der Waals surface area contributed by atoms with Crippen LogP contribution in [0.15, 0.2) is 54.6 Å². The first-order valence-corrected chi connectivity index (χ1v) is 9.06. The van der Waals surface area contributed by atoms with Gasteiger partial charge in [-0.25, -0.2) is 9.48 Å². The lowest BCUT2D eigenvalue weighted by atomic mass is 10.2. The van der Waals surface area contributed by atoms with Gasteiger partial charge >= 0.3 is 5.97 Å². The van der Waals surface area contributed by atoms with Gasteiger partial charge in [-0.05, 0) is 69.7 Å². The van der Waals surface area contributed by atoms with Crippen LogP contribution in [0.4, 0.5) is 5.69 Å². The number of ether oxygens (including phenoxy) is 1. The first kappa shape index (κ1) is 19.4. The van der Waals surface area contributed by atoms with E-state index in [1.165, 1.54) is 0 Å². The molecule has 0 aliphatic heterocycles. The number of carbonyl (C=O) groups excluding carboxylic acids is 2. The van der Waals surface area contributed by atoms with Gasteiger partial charge in [-0.15, -0.1) is 0 Å². The third-order valence-electron chi connectivity index (χ3n) is 4.41. The van der Waals surface area contributed by atoms with Crippen molar-refractivity contribution in [2.24, 2.45) is 0 Å². The zero-order valence-corrected chi connectivity index (χ0v) is 16.4. The Morgan fingerprint density at radius 3 is 2.32 bits per heavy atom. The minimum Gasteiger partial charge on any atom is -0.449 e. The number of anilines is 1. The number of aromatic nitrogens is 2. The van der Waals surface area contributed by atoms with E-state index in [-0.39, 0.29) is 5.91 Å². The SMILES string of the molecule is Cc1cc(C)n(-c2ccc(C(=O)OC(C)C(=O)Nc3ccccc3C)cc2)n1. The van der Waals surface area contributed by atoms with Crippen LogP contribution in [0.1, 0.15) is 34.2 Å². The lowest BCUT2D eigenvalue weighted by Gasteiger charge is -2.15. The van der Waals surface area contributed by atoms with Gasteiger partial charge in [0.25, 0.3) is 5.91 Å². The Morgan fingerprint density at radius 2 is 1.71 bits per heavy atom. The Kier molecular flexibility index (Phi) is 5.59. The number of esters is 1. The fourth-order valence-electron chi connectivity index (χ4n) is 2.86. The highest BCUT2D eigenvalue weighted by Crippen LogP contribution is 2.16. The van der Waals surface area contributed by atoms with Gasteiger partial charge in [0.2, 0.25) is 0 Å². The minimum atomic E-state index is -0.914. The van der Waals surface area contributed by atoms with E-state index in [0.29, 0.717) is 11.3 Å². The zero-order valence-electron chi connectivity index (χ0n) is 16.4. The number of aryl methyl sites for hydroxylation is 3. The fraction of sp³-hybridized carbons (Fsp3) is 0.227. The quantitative estimate of drug-likeness (QED) is 0.683. The Morgan fingerprint density at radius 1 is 1.04 bits per heavy atom. The molecule has 28 heavy (non-hydrogen) atoms. The van der Waals surface area contributed by atoms with E-state index in [9.17, 15) is 9.59 Å². The van der Waals surface area contributed by atoms with Gasteiger partial charge in [0.15, 0.2) is 6.10 Å². The predicted octanol–water partition coefficient (Wildman–Crippen LogP) is 3.98. The van der Waals surface area contributed by atoms with E-state index in [2.05, 4.69) is 10.4 Å². The van der Waals surface area contributed by atoms with Gasteiger partial charge in [0, 0.05) is 11.4 Å². The Hall–Kier alpha value is -3.41. The summed E-state index contributed by atoms with van der Waals surface area (Å²) in [4.78, 5) is 24.7. The molecule has 0 spiro atoms. The summed E-state index contributed by atoms with van der Waals surface area (Å²) in [5.41, 5.74) is 4.80. The van der Waals surface area contributed by atoms with Crippen molar-refractivity contribution in [2.45, 2.75) is 33.8 Å². The molecule has 6 heteroatoms. The van der Waals surface area contributed by atoms with Gasteiger partial charge in [0.05, 0.1) is 16.9 Å². The normalized spacial score (nSPS) is 11.7. The molecule has 3 aromatic rings. The summed E-state index contributed by atoms with van der Waals surface area (Å²) in [6.07, 6.45) is -0.914. The molecule has 1 unspecified atom stereocenters. The Balaban J connectivity index is 1.64. The van der Waals surface area contributed by atoms with Crippen LogP contribution in [0.2, 0.25) is 0 Å². The number of hydrogen-bond donors (Lipinski definition) is 1. The second-order valence-electron chi connectivity index (χ2n) is 6.74. The van der Waals surface area contributed by atoms with Crippen LogP contribution >= 0.6 is 0 Å². The molecule has 0 saturated carbocycles. The Bertz CT molecular complexity index is 1010. The topological polar surface area (TPSA) is 73.2 Å². The molecule has 3 rings (SSSR count). The molecule has 0 fully saturated rings. The summed E-state index contributed by atoms with van der Waals surface area (Å²) >= 11 is 0. The number of nitrogens with one attached hydrogen (secondary N) is 1. The second kappa shape index (κ2) is 8.08. The molecule has 6 nitrogen and oxygen atoms in total. The molecule has 1 amide bonds. The lowest BCUT2D eigenvalue weighted by Crippen LogP contribution is -2.30. The summed E-state index contributed by atoms with van der Waals surface area (Å²) in [5.74, 6) is -0.922. The number of nitrogens with zero attached hydrogens (tertiary/aromatic N) is 2. The first-order chi connectivity index (χ1) is 13.3. The molecule has 144 valence electrons. The number of amides is 1. The number of carbonyl (C=O) groups is 2. The van der Waals surface area contributed by atoms with Crippen molar-refractivity contribution in [3.63, 3.8) is 0 Å². The van der Waals surface area contributed by atoms with Gasteiger partial charge in [-0.1, -0.05) is 18.2 Å². The molecule has 0 aliphatic carbocycles. The van der Waals surface area contributed by atoms with Crippen molar-refractivity contribution in [2.75, 3.05) is 5.32 Å². The van der Waals surface area contributed by atoms with Crippen molar-refractivity contribution in [1.82, 2.24) is 9.78 Å². The molecule has 0 bridgehead atoms. The van der Waals surface area contributed by atoms with E-state index in [1.807, 2.05) is 49.7 Å². The van der Waals surface area contributed by atoms with E-state index >= 15 is 0 Å². The van der Waals surface area contributed by atoms with Crippen LogP contribution in [0.3, 0.4) is 0 Å². The van der Waals surface area contributed by atoms with E-state index in [4.69, 9.17) is 4.74 Å². The molecular weight excluding hydrogens is 354 g/mol. The fourth-order valence-corrected chi connectivity index (χ4v) is 2.86. The van der Waals surface area contributed by atoms with Crippen molar-refractivity contribution in [3.05, 3.63) is 77.1 Å². The molecule has 0 saturated heterocycles. The number of para-hydroxylation sites is 1. The number of rotatable bonds is 5. The molecule has 1 atom stereocenters. The van der Waals surface area contributed by atoms with Crippen LogP contribution in [-0.2, 0) is 9.53 Å². The molecule has 1 heterocycles. The summed E-state index contributed by atoms with van der Waals surface area (Å²) in [6, 6.07) is 16.4. The van der Waals surface area contributed by atoms with Crippen LogP contribution in [-0.4, -0.2) is 27.8 Å². The molecule has 2 aromatic carbocycles. The molecule has 0 radical (unpaired) electrons. The average molecular weight is 377 g/mol. The third kappa shape index (κ3) is 4.28. The van der Waals surface area contributed by atoms with E-state index in [1.54, 1.807) is 37.3 Å². The maximum absolute atomic E-state index is 12.4. The zero-order chi connectivity index (χ0) is 20.3. The van der Waals surface area contributed by atoms with Crippen LogP contribution in [0.25, 0.3) is 5.69 Å². The minimum absolute atomic E-state index is 0.373. The number of hydrogen-bond acceptors (Lipinski definition) is 4. The predicted molar refractivity (Wildman–Crippen MR) is 108 cm³/mol. The second-order valence-corrected chi connectivity index (χ2v) is 6.74. The Labute approximate surface area is 164 Å². The summed E-state index contributed by atoms with van der Waals surface area (Å²) in [7, 11) is 0. The molecule has 1 N–H and O–H groups in total. The maximum atomic E-state index is 12.4. The average Bonchev–Trinajstić information content (AvgIpc) is 3.01. The van der Waals surface area contributed by atoms with Gasteiger partial charge in [-0.3, -0.25) is 4.79 Å². The maximum Gasteiger partial charge on any atom is 0.338 e. The van der Waals surface area contributed by atoms with Gasteiger partial charge in [0.1, 0.15) is 0 Å². The first-order valence-electron chi connectivity index (χ1n) is 9.06. The summed E-state index contributed by atoms with van der Waals surface area (Å²) in [5, 5.41) is 7.20. The van der Waals surface area contributed by atoms with Crippen molar-refractivity contribution >= 4 is 17.6 Å². The van der Waals surface area contributed by atoms with Crippen molar-refractivity contribution in [1.29, 1.82) is 0 Å². The summed E-state index contributed by atoms with van der Waals surface area (Å²) in [6.45, 7) is 7.35. The van der Waals surface area contributed by atoms with E-state index < -0.39 is 12.1 Å². The monoisotopic (exact) mass is 377 g/mol. The largest absolute Gasteiger partial charge is 0.449 e. The van der Waals surface area contributed by atoms with Crippen LogP contribution < -0.4 is 5.32 Å². The van der Waals surface area contributed by atoms with Gasteiger partial charge in [-0.2, -0.15) is 5.10 Å². The highest BCUT2D eigenvalue weighted by Gasteiger charge is 2.19. The van der Waals surface area contributed by atoms with Crippen LogP contribution in [0, 0.1) is 20.8 Å². The smallest absolute Gasteiger partial charge is 0.338 e.